The molecule has 0 radical (unpaired) electrons. The molecule has 1 fully saturated rings. The van der Waals surface area contributed by atoms with Crippen molar-refractivity contribution in [2.24, 2.45) is 0 Å². The standard InChI is InChI=1S/C15H19N5O2/c1-16-14(21)12-6-2-3-8-20(12)10-13-18-19-15(22-13)11-5-4-7-17-9-11/h4-5,7,9,12H,2-3,6,8,10H2,1H3,(H,16,21)/t12-/m0/s1. The largest absolute Gasteiger partial charge is 0.419 e. The number of pyridine rings is 1. The third-order valence-corrected chi connectivity index (χ3v) is 3.88. The summed E-state index contributed by atoms with van der Waals surface area (Å²) in [4.78, 5) is 18.1. The fourth-order valence-corrected chi connectivity index (χ4v) is 2.74. The maximum Gasteiger partial charge on any atom is 0.249 e. The Hall–Kier alpha value is -2.28. The summed E-state index contributed by atoms with van der Waals surface area (Å²) in [7, 11) is 1.67. The van der Waals surface area contributed by atoms with Gasteiger partial charge >= 0.3 is 0 Å². The minimum atomic E-state index is -0.118. The van der Waals surface area contributed by atoms with Gasteiger partial charge in [-0.3, -0.25) is 14.7 Å². The predicted molar refractivity (Wildman–Crippen MR) is 79.6 cm³/mol. The highest BCUT2D eigenvalue weighted by molar-refractivity contribution is 5.81. The Kier molecular flexibility index (Phi) is 4.43. The van der Waals surface area contributed by atoms with Crippen LogP contribution in [0.15, 0.2) is 28.9 Å². The molecule has 0 saturated carbocycles. The molecule has 2 aromatic rings. The van der Waals surface area contributed by atoms with E-state index in [2.05, 4.69) is 25.4 Å². The second kappa shape index (κ2) is 6.65. The van der Waals surface area contributed by atoms with Crippen LogP contribution >= 0.6 is 0 Å². The summed E-state index contributed by atoms with van der Waals surface area (Å²) in [6.07, 6.45) is 6.40. The molecule has 1 amide bonds. The first-order valence-corrected chi connectivity index (χ1v) is 7.46. The van der Waals surface area contributed by atoms with Crippen molar-refractivity contribution in [2.45, 2.75) is 31.8 Å². The third kappa shape index (κ3) is 3.14. The van der Waals surface area contributed by atoms with E-state index in [1.165, 1.54) is 0 Å². The van der Waals surface area contributed by atoms with Crippen LogP contribution in [0.1, 0.15) is 25.2 Å². The van der Waals surface area contributed by atoms with Gasteiger partial charge in [-0.05, 0) is 31.5 Å². The summed E-state index contributed by atoms with van der Waals surface area (Å²) in [6, 6.07) is 3.58. The molecule has 0 aromatic carbocycles. The van der Waals surface area contributed by atoms with Crippen molar-refractivity contribution in [3.8, 4) is 11.5 Å². The number of nitrogens with zero attached hydrogens (tertiary/aromatic N) is 4. The van der Waals surface area contributed by atoms with E-state index >= 15 is 0 Å². The molecule has 1 aliphatic rings. The average Bonchev–Trinajstić information content (AvgIpc) is 3.04. The Morgan fingerprint density at radius 1 is 1.45 bits per heavy atom. The molecule has 116 valence electrons. The zero-order valence-corrected chi connectivity index (χ0v) is 12.5. The number of carbonyl (C=O) groups is 1. The van der Waals surface area contributed by atoms with Crippen molar-refractivity contribution in [1.29, 1.82) is 0 Å². The van der Waals surface area contributed by atoms with Crippen molar-refractivity contribution in [1.82, 2.24) is 25.4 Å². The molecule has 22 heavy (non-hydrogen) atoms. The lowest BCUT2D eigenvalue weighted by molar-refractivity contribution is -0.127. The topological polar surface area (TPSA) is 84.2 Å². The monoisotopic (exact) mass is 301 g/mol. The first-order chi connectivity index (χ1) is 10.8. The van der Waals surface area contributed by atoms with E-state index in [0.717, 1.165) is 31.4 Å². The first-order valence-electron chi connectivity index (χ1n) is 7.46. The molecular weight excluding hydrogens is 282 g/mol. The van der Waals surface area contributed by atoms with E-state index < -0.39 is 0 Å². The number of aromatic nitrogens is 3. The third-order valence-electron chi connectivity index (χ3n) is 3.88. The molecule has 1 aliphatic heterocycles. The maximum absolute atomic E-state index is 12.0. The van der Waals surface area contributed by atoms with Gasteiger partial charge in [-0.25, -0.2) is 0 Å². The summed E-state index contributed by atoms with van der Waals surface area (Å²) >= 11 is 0. The number of likely N-dealkylation sites (tertiary alicyclic amines) is 1. The number of carbonyl (C=O) groups excluding carboxylic acids is 1. The van der Waals surface area contributed by atoms with Crippen LogP contribution in [0.3, 0.4) is 0 Å². The highest BCUT2D eigenvalue weighted by atomic mass is 16.4. The first kappa shape index (κ1) is 14.6. The minimum Gasteiger partial charge on any atom is -0.419 e. The Morgan fingerprint density at radius 2 is 2.36 bits per heavy atom. The molecule has 2 aromatic heterocycles. The number of likely N-dealkylation sites (N-methyl/N-ethyl adjacent to an activating group) is 1. The Morgan fingerprint density at radius 3 is 3.14 bits per heavy atom. The van der Waals surface area contributed by atoms with Gasteiger partial charge in [0.25, 0.3) is 0 Å². The van der Waals surface area contributed by atoms with Crippen LogP contribution in [0, 0.1) is 0 Å². The number of piperidine rings is 1. The van der Waals surface area contributed by atoms with Crippen LogP contribution in [0.25, 0.3) is 11.5 Å². The lowest BCUT2D eigenvalue weighted by Gasteiger charge is -2.33. The molecule has 0 aliphatic carbocycles. The van der Waals surface area contributed by atoms with Crippen LogP contribution in [0.4, 0.5) is 0 Å². The van der Waals surface area contributed by atoms with Crippen molar-refractivity contribution in [3.05, 3.63) is 30.4 Å². The second-order valence-corrected chi connectivity index (χ2v) is 5.34. The molecule has 3 rings (SSSR count). The molecule has 1 saturated heterocycles. The SMILES string of the molecule is CNC(=O)[C@@H]1CCCCN1Cc1nnc(-c2cccnc2)o1. The van der Waals surface area contributed by atoms with E-state index in [1.54, 1.807) is 19.4 Å². The van der Waals surface area contributed by atoms with E-state index in [0.29, 0.717) is 18.3 Å². The zero-order valence-electron chi connectivity index (χ0n) is 12.5. The van der Waals surface area contributed by atoms with Crippen LogP contribution < -0.4 is 5.32 Å². The lowest BCUT2D eigenvalue weighted by Crippen LogP contribution is -2.48. The van der Waals surface area contributed by atoms with Gasteiger partial charge in [0, 0.05) is 19.4 Å². The number of hydrogen-bond donors (Lipinski definition) is 1. The minimum absolute atomic E-state index is 0.0479. The van der Waals surface area contributed by atoms with E-state index in [1.807, 2.05) is 12.1 Å². The van der Waals surface area contributed by atoms with Crippen molar-refractivity contribution in [2.75, 3.05) is 13.6 Å². The summed E-state index contributed by atoms with van der Waals surface area (Å²) in [5, 5.41) is 10.9. The Bertz CT molecular complexity index is 628. The van der Waals surface area contributed by atoms with Gasteiger partial charge in [0.05, 0.1) is 18.2 Å². The Balaban J connectivity index is 1.72. The predicted octanol–water partition coefficient (Wildman–Crippen LogP) is 1.23. The molecule has 7 heteroatoms. The summed E-state index contributed by atoms with van der Waals surface area (Å²) in [5.74, 6) is 1.03. The van der Waals surface area contributed by atoms with Crippen molar-refractivity contribution in [3.63, 3.8) is 0 Å². The van der Waals surface area contributed by atoms with Gasteiger partial charge in [-0.2, -0.15) is 0 Å². The van der Waals surface area contributed by atoms with Crippen LogP contribution in [-0.4, -0.2) is 45.6 Å². The number of rotatable bonds is 4. The van der Waals surface area contributed by atoms with E-state index in [9.17, 15) is 4.79 Å². The molecule has 1 N–H and O–H groups in total. The molecule has 0 spiro atoms. The highest BCUT2D eigenvalue weighted by Crippen LogP contribution is 2.21. The number of amides is 1. The summed E-state index contributed by atoms with van der Waals surface area (Å²) in [6.45, 7) is 1.36. The molecule has 1 atom stereocenters. The summed E-state index contributed by atoms with van der Waals surface area (Å²) in [5.41, 5.74) is 0.794. The second-order valence-electron chi connectivity index (χ2n) is 5.34. The number of hydrogen-bond acceptors (Lipinski definition) is 6. The van der Waals surface area contributed by atoms with Gasteiger partial charge in [0.2, 0.25) is 17.7 Å². The highest BCUT2D eigenvalue weighted by Gasteiger charge is 2.29. The molecular formula is C15H19N5O2. The van der Waals surface area contributed by atoms with Gasteiger partial charge in [0.15, 0.2) is 0 Å². The number of nitrogens with one attached hydrogen (secondary N) is 1. The fraction of sp³-hybridized carbons (Fsp3) is 0.467. The van der Waals surface area contributed by atoms with Crippen LogP contribution in [0.5, 0.6) is 0 Å². The Labute approximate surface area is 128 Å². The van der Waals surface area contributed by atoms with Crippen LogP contribution in [0.2, 0.25) is 0 Å². The molecule has 3 heterocycles. The normalized spacial score (nSPS) is 19.0. The zero-order chi connectivity index (χ0) is 15.4. The van der Waals surface area contributed by atoms with Gasteiger partial charge in [0.1, 0.15) is 0 Å². The van der Waals surface area contributed by atoms with Crippen molar-refractivity contribution >= 4 is 5.91 Å². The van der Waals surface area contributed by atoms with E-state index in [-0.39, 0.29) is 11.9 Å². The summed E-state index contributed by atoms with van der Waals surface area (Å²) < 4.78 is 5.70. The van der Waals surface area contributed by atoms with Gasteiger partial charge in [-0.1, -0.05) is 6.42 Å². The van der Waals surface area contributed by atoms with E-state index in [4.69, 9.17) is 4.42 Å². The quantitative estimate of drug-likeness (QED) is 0.914. The van der Waals surface area contributed by atoms with Crippen molar-refractivity contribution < 1.29 is 9.21 Å². The van der Waals surface area contributed by atoms with Gasteiger partial charge in [-0.15, -0.1) is 10.2 Å². The smallest absolute Gasteiger partial charge is 0.249 e. The van der Waals surface area contributed by atoms with Gasteiger partial charge < -0.3 is 9.73 Å². The fourth-order valence-electron chi connectivity index (χ4n) is 2.74. The maximum atomic E-state index is 12.0. The van der Waals surface area contributed by atoms with Crippen LogP contribution in [-0.2, 0) is 11.3 Å². The molecule has 0 bridgehead atoms. The molecule has 7 nitrogen and oxygen atoms in total. The molecule has 0 unspecified atom stereocenters. The lowest BCUT2D eigenvalue weighted by atomic mass is 10.0. The average molecular weight is 301 g/mol.